The Hall–Kier alpha value is -0.370. The van der Waals surface area contributed by atoms with Gasteiger partial charge in [-0.05, 0) is 19.3 Å². The third-order valence-electron chi connectivity index (χ3n) is 4.66. The zero-order valence-corrected chi connectivity index (χ0v) is 14.0. The molecule has 0 radical (unpaired) electrons. The van der Waals surface area contributed by atoms with Gasteiger partial charge in [-0.2, -0.15) is 0 Å². The number of hydrogen-bond acceptors (Lipinski definition) is 2. The van der Waals surface area contributed by atoms with Crippen molar-refractivity contribution in [3.05, 3.63) is 12.4 Å². The second-order valence-corrected chi connectivity index (χ2v) is 6.33. The van der Waals surface area contributed by atoms with Gasteiger partial charge in [0, 0.05) is 25.0 Å². The van der Waals surface area contributed by atoms with Crippen LogP contribution in [0.2, 0.25) is 0 Å². The lowest BCUT2D eigenvalue weighted by molar-refractivity contribution is 0.175. The average molecular weight is 301 g/mol. The van der Waals surface area contributed by atoms with Crippen LogP contribution < -0.4 is 0 Å². The van der Waals surface area contributed by atoms with E-state index in [2.05, 4.69) is 29.1 Å². The van der Waals surface area contributed by atoms with Crippen LogP contribution in [-0.2, 0) is 0 Å². The Morgan fingerprint density at radius 1 is 0.900 bits per heavy atom. The Kier molecular flexibility index (Phi) is 9.17. The molecule has 118 valence electrons. The summed E-state index contributed by atoms with van der Waals surface area (Å²) in [7, 11) is 0. The van der Waals surface area contributed by atoms with Crippen LogP contribution in [0.25, 0.3) is 0 Å². The van der Waals surface area contributed by atoms with Crippen molar-refractivity contribution in [2.45, 2.75) is 83.6 Å². The van der Waals surface area contributed by atoms with Gasteiger partial charge in [0.2, 0.25) is 0 Å². The van der Waals surface area contributed by atoms with Crippen LogP contribution in [0.5, 0.6) is 0 Å². The van der Waals surface area contributed by atoms with Gasteiger partial charge in [-0.1, -0.05) is 58.3 Å². The summed E-state index contributed by atoms with van der Waals surface area (Å²) in [4.78, 5) is 5.09. The van der Waals surface area contributed by atoms with Crippen molar-refractivity contribution in [3.63, 3.8) is 0 Å². The normalized spacial score (nSPS) is 19.4. The van der Waals surface area contributed by atoms with E-state index >= 15 is 0 Å². The van der Waals surface area contributed by atoms with Crippen molar-refractivity contribution in [2.75, 3.05) is 13.2 Å². The van der Waals surface area contributed by atoms with E-state index in [4.69, 9.17) is 0 Å². The molecule has 1 heterocycles. The van der Waals surface area contributed by atoms with Crippen LogP contribution in [0, 0.1) is 0 Å². The van der Waals surface area contributed by atoms with Crippen LogP contribution in [-0.4, -0.2) is 29.1 Å². The van der Waals surface area contributed by atoms with Gasteiger partial charge in [-0.25, -0.2) is 0 Å². The Morgan fingerprint density at radius 2 is 1.60 bits per heavy atom. The van der Waals surface area contributed by atoms with E-state index in [1.165, 1.54) is 77.2 Å². The van der Waals surface area contributed by atoms with E-state index in [-0.39, 0.29) is 12.4 Å². The second kappa shape index (κ2) is 10.4. The second-order valence-electron chi connectivity index (χ2n) is 6.33. The van der Waals surface area contributed by atoms with E-state index in [0.717, 1.165) is 12.7 Å². The molecule has 0 saturated heterocycles. The number of halogens is 1. The van der Waals surface area contributed by atoms with E-state index in [9.17, 15) is 0 Å². The zero-order valence-electron chi connectivity index (χ0n) is 13.2. The smallest absolute Gasteiger partial charge is 0.0896 e. The highest BCUT2D eigenvalue weighted by molar-refractivity contribution is 5.85. The van der Waals surface area contributed by atoms with Gasteiger partial charge < -0.3 is 9.80 Å². The molecule has 0 bridgehead atoms. The lowest BCUT2D eigenvalue weighted by Crippen LogP contribution is -2.35. The fraction of sp³-hybridized carbons (Fsp3) is 0.882. The molecule has 0 amide bonds. The van der Waals surface area contributed by atoms with Gasteiger partial charge in [-0.3, -0.25) is 0 Å². The third-order valence-corrected chi connectivity index (χ3v) is 4.66. The maximum Gasteiger partial charge on any atom is 0.0896 e. The van der Waals surface area contributed by atoms with Crippen molar-refractivity contribution >= 4 is 12.4 Å². The van der Waals surface area contributed by atoms with Crippen molar-refractivity contribution in [1.82, 2.24) is 9.80 Å². The van der Waals surface area contributed by atoms with Gasteiger partial charge in [0.05, 0.1) is 6.67 Å². The summed E-state index contributed by atoms with van der Waals surface area (Å²) >= 11 is 0. The quantitative estimate of drug-likeness (QED) is 0.572. The van der Waals surface area contributed by atoms with Crippen LogP contribution in [0.4, 0.5) is 0 Å². The van der Waals surface area contributed by atoms with Gasteiger partial charge in [0.15, 0.2) is 0 Å². The number of nitrogens with zero attached hydrogens (tertiary/aromatic N) is 2. The maximum atomic E-state index is 2.58. The minimum absolute atomic E-state index is 0. The first-order chi connectivity index (χ1) is 9.40. The minimum atomic E-state index is 0. The molecule has 1 aliphatic heterocycles. The molecule has 0 unspecified atom stereocenters. The first-order valence-electron chi connectivity index (χ1n) is 8.58. The summed E-state index contributed by atoms with van der Waals surface area (Å²) in [5, 5.41) is 0. The molecule has 0 aromatic carbocycles. The van der Waals surface area contributed by atoms with Gasteiger partial charge >= 0.3 is 0 Å². The fourth-order valence-corrected chi connectivity index (χ4v) is 3.37. The molecular formula is C17H33ClN2. The maximum absolute atomic E-state index is 2.58. The molecular weight excluding hydrogens is 268 g/mol. The molecule has 1 aliphatic carbocycles. The zero-order chi connectivity index (χ0) is 13.3. The monoisotopic (exact) mass is 300 g/mol. The third kappa shape index (κ3) is 5.95. The average Bonchev–Trinajstić information content (AvgIpc) is 2.92. The summed E-state index contributed by atoms with van der Waals surface area (Å²) in [6.07, 6.45) is 20.2. The molecule has 1 saturated carbocycles. The highest BCUT2D eigenvalue weighted by Crippen LogP contribution is 2.25. The largest absolute Gasteiger partial charge is 0.359 e. The topological polar surface area (TPSA) is 6.48 Å². The molecule has 2 rings (SSSR count). The molecule has 3 heteroatoms. The molecule has 0 aromatic heterocycles. The Morgan fingerprint density at radius 3 is 2.35 bits per heavy atom. The van der Waals surface area contributed by atoms with Gasteiger partial charge in [0.1, 0.15) is 0 Å². The van der Waals surface area contributed by atoms with Crippen molar-refractivity contribution in [2.24, 2.45) is 0 Å². The highest BCUT2D eigenvalue weighted by Gasteiger charge is 2.22. The molecule has 2 aliphatic rings. The van der Waals surface area contributed by atoms with Crippen LogP contribution in [0.3, 0.4) is 0 Å². The van der Waals surface area contributed by atoms with Crippen molar-refractivity contribution < 1.29 is 0 Å². The molecule has 1 fully saturated rings. The van der Waals surface area contributed by atoms with E-state index < -0.39 is 0 Å². The molecule has 2 nitrogen and oxygen atoms in total. The van der Waals surface area contributed by atoms with Crippen LogP contribution in [0.1, 0.15) is 77.6 Å². The first kappa shape index (κ1) is 17.7. The van der Waals surface area contributed by atoms with Crippen molar-refractivity contribution in [1.29, 1.82) is 0 Å². The van der Waals surface area contributed by atoms with Crippen molar-refractivity contribution in [3.8, 4) is 0 Å². The molecule has 20 heavy (non-hydrogen) atoms. The SMILES string of the molecule is CCCCCCCCN1C=CN(C2CCCCC2)C1.Cl. The number of hydrogen-bond donors (Lipinski definition) is 0. The molecule has 0 spiro atoms. The lowest BCUT2D eigenvalue weighted by Gasteiger charge is -2.32. The number of rotatable bonds is 8. The summed E-state index contributed by atoms with van der Waals surface area (Å²) in [6.45, 7) is 4.69. The Bertz CT molecular complexity index is 262. The lowest BCUT2D eigenvalue weighted by atomic mass is 9.95. The molecule has 0 N–H and O–H groups in total. The minimum Gasteiger partial charge on any atom is -0.359 e. The van der Waals surface area contributed by atoms with Crippen LogP contribution >= 0.6 is 12.4 Å². The Balaban J connectivity index is 0.00000200. The highest BCUT2D eigenvalue weighted by atomic mass is 35.5. The summed E-state index contributed by atoms with van der Waals surface area (Å²) in [5.74, 6) is 0. The Labute approximate surface area is 132 Å². The summed E-state index contributed by atoms with van der Waals surface area (Å²) < 4.78 is 0. The van der Waals surface area contributed by atoms with Crippen LogP contribution in [0.15, 0.2) is 12.4 Å². The summed E-state index contributed by atoms with van der Waals surface area (Å²) in [6, 6.07) is 0.833. The standard InChI is InChI=1S/C17H32N2.ClH/c1-2-3-4-5-6-10-13-18-14-15-19(16-18)17-11-8-7-9-12-17;/h14-15,17H,2-13,16H2,1H3;1H. The predicted octanol–water partition coefficient (Wildman–Crippen LogP) is 5.15. The van der Waals surface area contributed by atoms with E-state index in [0.29, 0.717) is 0 Å². The van der Waals surface area contributed by atoms with E-state index in [1.54, 1.807) is 0 Å². The first-order valence-corrected chi connectivity index (χ1v) is 8.58. The van der Waals surface area contributed by atoms with Gasteiger partial charge in [-0.15, -0.1) is 12.4 Å². The predicted molar refractivity (Wildman–Crippen MR) is 90.0 cm³/mol. The van der Waals surface area contributed by atoms with E-state index in [1.807, 2.05) is 0 Å². The number of unbranched alkanes of at least 4 members (excludes halogenated alkanes) is 5. The molecule has 0 aromatic rings. The fourth-order valence-electron chi connectivity index (χ4n) is 3.37. The molecule has 0 atom stereocenters. The summed E-state index contributed by atoms with van der Waals surface area (Å²) in [5.41, 5.74) is 0. The van der Waals surface area contributed by atoms with Gasteiger partial charge in [0.25, 0.3) is 0 Å².